The smallest absolute Gasteiger partial charge is 0.223 e. The first-order chi connectivity index (χ1) is 11.3. The SMILES string of the molecule is Cn1cccc1C(CNC(=O)C1CCCCC1)N1CCOCC1. The van der Waals surface area contributed by atoms with Crippen molar-refractivity contribution in [2.75, 3.05) is 32.8 Å². The Kier molecular flexibility index (Phi) is 5.73. The van der Waals surface area contributed by atoms with Crippen LogP contribution in [0.1, 0.15) is 43.8 Å². The Bertz CT molecular complexity index is 502. The van der Waals surface area contributed by atoms with Gasteiger partial charge >= 0.3 is 0 Å². The molecule has 0 radical (unpaired) electrons. The molecule has 1 aliphatic carbocycles. The molecule has 1 N–H and O–H groups in total. The highest BCUT2D eigenvalue weighted by Crippen LogP contribution is 2.25. The fraction of sp³-hybridized carbons (Fsp3) is 0.722. The molecule has 1 saturated carbocycles. The first-order valence-corrected chi connectivity index (χ1v) is 8.96. The second-order valence-corrected chi connectivity index (χ2v) is 6.79. The lowest BCUT2D eigenvalue weighted by molar-refractivity contribution is -0.126. The second-order valence-electron chi connectivity index (χ2n) is 6.79. The van der Waals surface area contributed by atoms with E-state index < -0.39 is 0 Å². The summed E-state index contributed by atoms with van der Waals surface area (Å²) in [4.78, 5) is 14.9. The number of carbonyl (C=O) groups excluding carboxylic acids is 1. The van der Waals surface area contributed by atoms with Crippen molar-refractivity contribution in [3.05, 3.63) is 24.0 Å². The number of amides is 1. The van der Waals surface area contributed by atoms with Crippen molar-refractivity contribution in [2.45, 2.75) is 38.1 Å². The number of aryl methyl sites for hydroxylation is 1. The van der Waals surface area contributed by atoms with Gasteiger partial charge < -0.3 is 14.6 Å². The maximum atomic E-state index is 12.5. The van der Waals surface area contributed by atoms with Crippen molar-refractivity contribution in [3.8, 4) is 0 Å². The third kappa shape index (κ3) is 4.15. The van der Waals surface area contributed by atoms with Crippen molar-refractivity contribution in [1.29, 1.82) is 0 Å². The van der Waals surface area contributed by atoms with Gasteiger partial charge in [0.1, 0.15) is 0 Å². The molecule has 0 bridgehead atoms. The van der Waals surface area contributed by atoms with E-state index in [-0.39, 0.29) is 17.9 Å². The van der Waals surface area contributed by atoms with Gasteiger partial charge in [-0.3, -0.25) is 9.69 Å². The fourth-order valence-electron chi connectivity index (χ4n) is 3.84. The Balaban J connectivity index is 1.63. The lowest BCUT2D eigenvalue weighted by atomic mass is 9.88. The molecular weight excluding hydrogens is 290 g/mol. The number of carbonyl (C=O) groups is 1. The molecule has 2 aliphatic rings. The third-order valence-corrected chi connectivity index (χ3v) is 5.26. The highest BCUT2D eigenvalue weighted by molar-refractivity contribution is 5.78. The summed E-state index contributed by atoms with van der Waals surface area (Å²) in [5.74, 6) is 0.472. The van der Waals surface area contributed by atoms with Crippen LogP contribution in [0.3, 0.4) is 0 Å². The summed E-state index contributed by atoms with van der Waals surface area (Å²) in [6, 6.07) is 4.46. The normalized spacial score (nSPS) is 22.0. The third-order valence-electron chi connectivity index (χ3n) is 5.26. The van der Waals surface area contributed by atoms with E-state index in [2.05, 4.69) is 40.2 Å². The number of aromatic nitrogens is 1. The molecule has 2 heterocycles. The maximum Gasteiger partial charge on any atom is 0.223 e. The standard InChI is InChI=1S/C18H29N3O2/c1-20-9-5-8-16(20)17(21-10-12-23-13-11-21)14-19-18(22)15-6-3-2-4-7-15/h5,8-9,15,17H,2-4,6-7,10-14H2,1H3,(H,19,22). The topological polar surface area (TPSA) is 46.5 Å². The van der Waals surface area contributed by atoms with Gasteiger partial charge in [0, 0.05) is 44.5 Å². The molecule has 1 amide bonds. The molecule has 5 heteroatoms. The number of nitrogens with one attached hydrogen (secondary N) is 1. The van der Waals surface area contributed by atoms with Gasteiger partial charge in [0.25, 0.3) is 0 Å². The van der Waals surface area contributed by atoms with Crippen molar-refractivity contribution in [2.24, 2.45) is 13.0 Å². The zero-order valence-electron chi connectivity index (χ0n) is 14.2. The molecule has 0 aromatic carbocycles. The van der Waals surface area contributed by atoms with Gasteiger partial charge in [-0.05, 0) is 25.0 Å². The number of morpholine rings is 1. The van der Waals surface area contributed by atoms with Crippen molar-refractivity contribution in [1.82, 2.24) is 14.8 Å². The van der Waals surface area contributed by atoms with Crippen LogP contribution in [0.5, 0.6) is 0 Å². The lowest BCUT2D eigenvalue weighted by Gasteiger charge is -2.35. The van der Waals surface area contributed by atoms with E-state index in [0.29, 0.717) is 6.54 Å². The number of ether oxygens (including phenoxy) is 1. The molecule has 23 heavy (non-hydrogen) atoms. The minimum Gasteiger partial charge on any atom is -0.379 e. The Morgan fingerprint density at radius 1 is 1.30 bits per heavy atom. The monoisotopic (exact) mass is 319 g/mol. The van der Waals surface area contributed by atoms with Crippen LogP contribution in [0.2, 0.25) is 0 Å². The molecule has 1 aromatic heterocycles. The van der Waals surface area contributed by atoms with E-state index in [1.165, 1.54) is 25.0 Å². The van der Waals surface area contributed by atoms with Gasteiger partial charge in [0.15, 0.2) is 0 Å². The molecule has 128 valence electrons. The lowest BCUT2D eigenvalue weighted by Crippen LogP contribution is -2.45. The summed E-state index contributed by atoms with van der Waals surface area (Å²) < 4.78 is 7.64. The summed E-state index contributed by atoms with van der Waals surface area (Å²) in [7, 11) is 2.08. The quantitative estimate of drug-likeness (QED) is 0.904. The van der Waals surface area contributed by atoms with E-state index >= 15 is 0 Å². The number of hydrogen-bond donors (Lipinski definition) is 1. The largest absolute Gasteiger partial charge is 0.379 e. The van der Waals surface area contributed by atoms with Gasteiger partial charge in [0.05, 0.1) is 19.3 Å². The fourth-order valence-corrected chi connectivity index (χ4v) is 3.84. The first-order valence-electron chi connectivity index (χ1n) is 8.96. The summed E-state index contributed by atoms with van der Waals surface area (Å²) in [5, 5.41) is 3.23. The Labute approximate surface area is 139 Å². The molecule has 0 spiro atoms. The van der Waals surface area contributed by atoms with E-state index in [4.69, 9.17) is 4.74 Å². The highest BCUT2D eigenvalue weighted by atomic mass is 16.5. The van der Waals surface area contributed by atoms with Crippen LogP contribution < -0.4 is 5.32 Å². The molecule has 1 aliphatic heterocycles. The van der Waals surface area contributed by atoms with E-state index in [1.807, 2.05) is 0 Å². The summed E-state index contributed by atoms with van der Waals surface area (Å²) in [5.41, 5.74) is 1.26. The average molecular weight is 319 g/mol. The van der Waals surface area contributed by atoms with Crippen LogP contribution in [0, 0.1) is 5.92 Å². The zero-order chi connectivity index (χ0) is 16.1. The minimum absolute atomic E-state index is 0.225. The van der Waals surface area contributed by atoms with Crippen molar-refractivity contribution in [3.63, 3.8) is 0 Å². The van der Waals surface area contributed by atoms with Crippen LogP contribution >= 0.6 is 0 Å². The van der Waals surface area contributed by atoms with Gasteiger partial charge in [-0.2, -0.15) is 0 Å². The summed E-state index contributed by atoms with van der Waals surface area (Å²) in [6.07, 6.45) is 7.86. The van der Waals surface area contributed by atoms with E-state index in [0.717, 1.165) is 39.1 Å². The predicted octanol–water partition coefficient (Wildman–Crippen LogP) is 2.09. The Morgan fingerprint density at radius 3 is 2.70 bits per heavy atom. The highest BCUT2D eigenvalue weighted by Gasteiger charge is 2.27. The van der Waals surface area contributed by atoms with Crippen molar-refractivity contribution < 1.29 is 9.53 Å². The van der Waals surface area contributed by atoms with Crippen molar-refractivity contribution >= 4 is 5.91 Å². The average Bonchev–Trinajstić information content (AvgIpc) is 3.03. The second kappa shape index (κ2) is 7.97. The summed E-state index contributed by atoms with van der Waals surface area (Å²) in [6.45, 7) is 4.09. The van der Waals surface area contributed by atoms with E-state index in [9.17, 15) is 4.79 Å². The Morgan fingerprint density at radius 2 is 2.04 bits per heavy atom. The number of hydrogen-bond acceptors (Lipinski definition) is 3. The van der Waals surface area contributed by atoms with Crippen LogP contribution in [0.25, 0.3) is 0 Å². The van der Waals surface area contributed by atoms with Gasteiger partial charge in [-0.1, -0.05) is 19.3 Å². The minimum atomic E-state index is 0.225. The zero-order valence-corrected chi connectivity index (χ0v) is 14.2. The molecule has 2 fully saturated rings. The molecular formula is C18H29N3O2. The molecule has 5 nitrogen and oxygen atoms in total. The predicted molar refractivity (Wildman–Crippen MR) is 90.1 cm³/mol. The van der Waals surface area contributed by atoms with E-state index in [1.54, 1.807) is 0 Å². The first kappa shape index (κ1) is 16.5. The molecule has 1 atom stereocenters. The molecule has 3 rings (SSSR count). The maximum absolute atomic E-state index is 12.5. The molecule has 1 aromatic rings. The summed E-state index contributed by atoms with van der Waals surface area (Å²) >= 11 is 0. The van der Waals surface area contributed by atoms with Crippen LogP contribution in [0.15, 0.2) is 18.3 Å². The van der Waals surface area contributed by atoms with Gasteiger partial charge in [-0.25, -0.2) is 0 Å². The Hall–Kier alpha value is -1.33. The van der Waals surface area contributed by atoms with Gasteiger partial charge in [-0.15, -0.1) is 0 Å². The number of rotatable bonds is 5. The molecule has 1 unspecified atom stereocenters. The van der Waals surface area contributed by atoms with Crippen LogP contribution in [0.4, 0.5) is 0 Å². The number of nitrogens with zero attached hydrogens (tertiary/aromatic N) is 2. The molecule has 1 saturated heterocycles. The van der Waals surface area contributed by atoms with Crippen LogP contribution in [-0.2, 0) is 16.6 Å². The van der Waals surface area contributed by atoms with Crippen LogP contribution in [-0.4, -0.2) is 48.2 Å². The van der Waals surface area contributed by atoms with Gasteiger partial charge in [0.2, 0.25) is 5.91 Å².